The van der Waals surface area contributed by atoms with Crippen LogP contribution in [0.3, 0.4) is 0 Å². The van der Waals surface area contributed by atoms with Gasteiger partial charge < -0.3 is 20.8 Å². The number of halogens is 2. The van der Waals surface area contributed by atoms with Crippen molar-refractivity contribution in [3.05, 3.63) is 95.9 Å². The van der Waals surface area contributed by atoms with Crippen molar-refractivity contribution in [2.75, 3.05) is 0 Å². The van der Waals surface area contributed by atoms with Crippen LogP contribution in [0.25, 0.3) is 16.6 Å². The highest BCUT2D eigenvalue weighted by Gasteiger charge is 2.44. The Balaban J connectivity index is 1.54. The molecule has 41 heavy (non-hydrogen) atoms. The molecule has 0 saturated carbocycles. The quantitative estimate of drug-likeness (QED) is 0.287. The van der Waals surface area contributed by atoms with Crippen LogP contribution in [0.15, 0.2) is 46.0 Å². The lowest BCUT2D eigenvalue weighted by Crippen LogP contribution is -2.36. The van der Waals surface area contributed by atoms with Crippen LogP contribution in [-0.2, 0) is 17.6 Å². The van der Waals surface area contributed by atoms with Crippen LogP contribution in [-0.4, -0.2) is 37.3 Å². The van der Waals surface area contributed by atoms with Crippen LogP contribution in [0.4, 0.5) is 4.39 Å². The van der Waals surface area contributed by atoms with Gasteiger partial charge >= 0.3 is 5.69 Å². The molecule has 1 amide bonds. The molecule has 4 aromatic rings. The summed E-state index contributed by atoms with van der Waals surface area (Å²) in [4.78, 5) is 45.3. The van der Waals surface area contributed by atoms with Gasteiger partial charge in [-0.3, -0.25) is 9.59 Å². The van der Waals surface area contributed by atoms with E-state index < -0.39 is 40.8 Å². The normalized spacial score (nSPS) is 22.4. The van der Waals surface area contributed by atoms with E-state index in [1.165, 1.54) is 0 Å². The van der Waals surface area contributed by atoms with Crippen molar-refractivity contribution in [3.8, 4) is 5.69 Å². The third-order valence-corrected chi connectivity index (χ3v) is 9.40. The number of amides is 1. The van der Waals surface area contributed by atoms with E-state index in [9.17, 15) is 19.5 Å². The Bertz CT molecular complexity index is 1830. The SMILES string of the molecule is Cc1c([C@H]2c3c([nH]c4c3CC[C@H](C(C)(C)O)C4)C(C(N)=O)CC2F)cccc1-n1c(=O)[nH]c2c(Cl)cccc2c1=O. The van der Waals surface area contributed by atoms with Gasteiger partial charge in [-0.25, -0.2) is 13.8 Å². The molecule has 214 valence electrons. The maximum atomic E-state index is 16.2. The molecule has 0 saturated heterocycles. The third kappa shape index (κ3) is 4.33. The summed E-state index contributed by atoms with van der Waals surface area (Å²) in [6.45, 7) is 5.35. The van der Waals surface area contributed by atoms with Gasteiger partial charge in [-0.15, -0.1) is 0 Å². The van der Waals surface area contributed by atoms with Gasteiger partial charge in [0.2, 0.25) is 5.91 Å². The molecule has 2 aliphatic rings. The number of aromatic amines is 2. The van der Waals surface area contributed by atoms with Crippen LogP contribution in [0.5, 0.6) is 0 Å². The molecule has 0 radical (unpaired) electrons. The fraction of sp³-hybridized carbons (Fsp3) is 0.387. The van der Waals surface area contributed by atoms with Crippen molar-refractivity contribution in [3.63, 3.8) is 0 Å². The van der Waals surface area contributed by atoms with Gasteiger partial charge in [0.25, 0.3) is 5.56 Å². The number of aliphatic hydroxyl groups is 1. The van der Waals surface area contributed by atoms with Gasteiger partial charge in [0.05, 0.1) is 33.1 Å². The number of rotatable bonds is 4. The first-order valence-electron chi connectivity index (χ1n) is 13.8. The second-order valence-electron chi connectivity index (χ2n) is 11.9. The number of hydrogen-bond donors (Lipinski definition) is 4. The Hall–Kier alpha value is -3.69. The molecule has 0 bridgehead atoms. The van der Waals surface area contributed by atoms with E-state index in [1.54, 1.807) is 51.1 Å². The van der Waals surface area contributed by atoms with Crippen molar-refractivity contribution >= 4 is 28.4 Å². The lowest BCUT2D eigenvalue weighted by molar-refractivity contribution is -0.120. The van der Waals surface area contributed by atoms with Crippen LogP contribution >= 0.6 is 11.6 Å². The smallest absolute Gasteiger partial charge is 0.333 e. The van der Waals surface area contributed by atoms with Crippen molar-refractivity contribution in [1.82, 2.24) is 14.5 Å². The molecule has 2 aliphatic carbocycles. The van der Waals surface area contributed by atoms with Crippen LogP contribution in [0, 0.1) is 12.8 Å². The zero-order chi connectivity index (χ0) is 29.4. The lowest BCUT2D eigenvalue weighted by atomic mass is 9.70. The number of aromatic nitrogens is 3. The minimum absolute atomic E-state index is 0.00632. The van der Waals surface area contributed by atoms with E-state index in [4.69, 9.17) is 17.3 Å². The Morgan fingerprint density at radius 1 is 1.17 bits per heavy atom. The van der Waals surface area contributed by atoms with Gasteiger partial charge in [0.15, 0.2) is 0 Å². The molecule has 5 N–H and O–H groups in total. The molecule has 0 aliphatic heterocycles. The molecular formula is C31H32ClFN4O4. The summed E-state index contributed by atoms with van der Waals surface area (Å²) in [7, 11) is 0. The Labute approximate surface area is 240 Å². The van der Waals surface area contributed by atoms with E-state index in [-0.39, 0.29) is 28.3 Å². The van der Waals surface area contributed by atoms with Crippen molar-refractivity contribution in [2.45, 2.75) is 70.1 Å². The molecule has 8 nitrogen and oxygen atoms in total. The van der Waals surface area contributed by atoms with Gasteiger partial charge in [-0.05, 0) is 92.8 Å². The van der Waals surface area contributed by atoms with E-state index in [2.05, 4.69) is 9.97 Å². The zero-order valence-corrected chi connectivity index (χ0v) is 23.8. The maximum absolute atomic E-state index is 16.2. The summed E-state index contributed by atoms with van der Waals surface area (Å²) in [6, 6.07) is 10.0. The number of benzene rings is 2. The number of hydrogen-bond acceptors (Lipinski definition) is 4. The molecule has 10 heteroatoms. The highest BCUT2D eigenvalue weighted by Crippen LogP contribution is 2.49. The molecule has 0 fully saturated rings. The van der Waals surface area contributed by atoms with Crippen LogP contribution < -0.4 is 17.0 Å². The predicted molar refractivity (Wildman–Crippen MR) is 156 cm³/mol. The zero-order valence-electron chi connectivity index (χ0n) is 23.1. The van der Waals surface area contributed by atoms with E-state index in [0.29, 0.717) is 35.3 Å². The van der Waals surface area contributed by atoms with E-state index >= 15 is 4.39 Å². The summed E-state index contributed by atoms with van der Waals surface area (Å²) in [5, 5.41) is 11.2. The fourth-order valence-corrected chi connectivity index (χ4v) is 7.12. The van der Waals surface area contributed by atoms with Gasteiger partial charge in [-0.2, -0.15) is 0 Å². The second kappa shape index (κ2) is 9.70. The summed E-state index contributed by atoms with van der Waals surface area (Å²) in [5.41, 5.74) is 8.70. The number of para-hydroxylation sites is 1. The van der Waals surface area contributed by atoms with Gasteiger partial charge in [-0.1, -0.05) is 29.8 Å². The summed E-state index contributed by atoms with van der Waals surface area (Å²) in [6.07, 6.45) is 0.402. The second-order valence-corrected chi connectivity index (χ2v) is 12.3. The topological polar surface area (TPSA) is 134 Å². The number of H-pyrrole nitrogens is 2. The van der Waals surface area contributed by atoms with Gasteiger partial charge in [0.1, 0.15) is 6.17 Å². The Kier molecular flexibility index (Phi) is 6.50. The first-order chi connectivity index (χ1) is 19.4. The molecular weight excluding hydrogens is 547 g/mol. The van der Waals surface area contributed by atoms with Gasteiger partial charge in [0, 0.05) is 17.3 Å². The lowest BCUT2D eigenvalue weighted by Gasteiger charge is -2.35. The fourth-order valence-electron chi connectivity index (χ4n) is 6.90. The Morgan fingerprint density at radius 2 is 1.90 bits per heavy atom. The number of alkyl halides is 1. The summed E-state index contributed by atoms with van der Waals surface area (Å²) >= 11 is 6.23. The molecule has 2 aromatic carbocycles. The molecule has 2 heterocycles. The first kappa shape index (κ1) is 27.5. The highest BCUT2D eigenvalue weighted by atomic mass is 35.5. The van der Waals surface area contributed by atoms with Crippen molar-refractivity contribution in [2.24, 2.45) is 11.7 Å². The molecule has 2 unspecified atom stereocenters. The van der Waals surface area contributed by atoms with Crippen molar-refractivity contribution in [1.29, 1.82) is 0 Å². The monoisotopic (exact) mass is 578 g/mol. The van der Waals surface area contributed by atoms with E-state index in [1.807, 2.05) is 6.07 Å². The number of carbonyl (C=O) groups is 1. The molecule has 0 spiro atoms. The number of fused-ring (bicyclic) bond motifs is 4. The number of nitrogens with zero attached hydrogens (tertiary/aromatic N) is 1. The largest absolute Gasteiger partial charge is 0.390 e. The first-order valence-corrected chi connectivity index (χ1v) is 14.2. The standard InChI is InChI=1S/C31H32ClFN4O4/c1-14-16(6-5-9-23(14)37-29(39)18-7-4-8-20(32)26(18)36-30(37)40)24-21(33)13-19(28(34)38)27-25(24)17-11-10-15(31(2,3)41)12-22(17)35-27/h4-9,15,19,21,24,35,41H,10-13H2,1-3H3,(H2,34,38)(H,36,40)/t15-,19?,21?,24+/m0/s1. The number of primary amides is 1. The van der Waals surface area contributed by atoms with Crippen molar-refractivity contribution < 1.29 is 14.3 Å². The number of carbonyl (C=O) groups excluding carboxylic acids is 1. The molecule has 4 atom stereocenters. The minimum atomic E-state index is -1.42. The minimum Gasteiger partial charge on any atom is -0.390 e. The summed E-state index contributed by atoms with van der Waals surface area (Å²) < 4.78 is 17.3. The number of nitrogens with one attached hydrogen (secondary N) is 2. The van der Waals surface area contributed by atoms with Crippen LogP contribution in [0.1, 0.15) is 72.2 Å². The highest BCUT2D eigenvalue weighted by molar-refractivity contribution is 6.34. The average Bonchev–Trinajstić information content (AvgIpc) is 3.28. The van der Waals surface area contributed by atoms with E-state index in [0.717, 1.165) is 27.8 Å². The third-order valence-electron chi connectivity index (χ3n) is 9.09. The number of nitrogens with two attached hydrogens (primary N) is 1. The Morgan fingerprint density at radius 3 is 2.61 bits per heavy atom. The predicted octanol–water partition coefficient (Wildman–Crippen LogP) is 4.29. The molecule has 2 aromatic heterocycles. The summed E-state index contributed by atoms with van der Waals surface area (Å²) in [5.74, 6) is -2.12. The van der Waals surface area contributed by atoms with Crippen LogP contribution in [0.2, 0.25) is 5.02 Å². The molecule has 6 rings (SSSR count). The maximum Gasteiger partial charge on any atom is 0.333 e. The average molecular weight is 579 g/mol.